The van der Waals surface area contributed by atoms with Crippen molar-refractivity contribution in [3.63, 3.8) is 0 Å². The van der Waals surface area contributed by atoms with E-state index in [0.717, 1.165) is 11.0 Å². The van der Waals surface area contributed by atoms with E-state index >= 15 is 0 Å². The molecule has 0 saturated carbocycles. The Morgan fingerprint density at radius 3 is 2.62 bits per heavy atom. The molecule has 1 N–H and O–H groups in total. The number of para-hydroxylation sites is 1. The number of rotatable bonds is 7. The van der Waals surface area contributed by atoms with Gasteiger partial charge in [0.2, 0.25) is 0 Å². The Balaban J connectivity index is 2.66. The van der Waals surface area contributed by atoms with Crippen LogP contribution >= 0.6 is 21.6 Å². The van der Waals surface area contributed by atoms with Crippen molar-refractivity contribution in [2.24, 2.45) is 0 Å². The average molecular weight is 338 g/mol. The number of hydrogen-bond acceptors (Lipinski definition) is 4. The number of alkyl halides is 3. The van der Waals surface area contributed by atoms with Gasteiger partial charge in [-0.05, 0) is 19.1 Å². The third-order valence-corrected chi connectivity index (χ3v) is 5.52. The van der Waals surface area contributed by atoms with Crippen molar-refractivity contribution in [1.29, 1.82) is 0 Å². The van der Waals surface area contributed by atoms with E-state index < -0.39 is 11.7 Å². The third kappa shape index (κ3) is 6.23. The molecule has 0 aromatic heterocycles. The lowest BCUT2D eigenvalue weighted by molar-refractivity contribution is -0.138. The van der Waals surface area contributed by atoms with Gasteiger partial charge in [0.05, 0.1) is 12.2 Å². The molecule has 0 spiro atoms. The second-order valence-corrected chi connectivity index (χ2v) is 6.98. The van der Waals surface area contributed by atoms with Gasteiger partial charge >= 0.3 is 6.18 Å². The number of benzene rings is 1. The molecular weight excluding hydrogens is 321 g/mol. The molecule has 1 aromatic carbocycles. The zero-order valence-electron chi connectivity index (χ0n) is 11.7. The molecule has 0 aliphatic heterocycles. The van der Waals surface area contributed by atoms with Crippen LogP contribution in [0.4, 0.5) is 13.2 Å². The second kappa shape index (κ2) is 8.60. The summed E-state index contributed by atoms with van der Waals surface area (Å²) in [5.74, 6) is -0.176. The van der Waals surface area contributed by atoms with Crippen LogP contribution in [0, 0.1) is 0 Å². The number of aliphatic hydroxyl groups is 1. The van der Waals surface area contributed by atoms with Crippen LogP contribution in [0.1, 0.15) is 19.4 Å². The molecule has 1 unspecified atom stereocenters. The Labute approximate surface area is 130 Å². The molecule has 1 rings (SSSR count). The van der Waals surface area contributed by atoms with Gasteiger partial charge in [0, 0.05) is 10.2 Å². The van der Waals surface area contributed by atoms with Crippen molar-refractivity contribution in [3.8, 4) is 5.75 Å². The zero-order valence-corrected chi connectivity index (χ0v) is 13.3. The quantitative estimate of drug-likeness (QED) is 0.727. The van der Waals surface area contributed by atoms with Gasteiger partial charge in [0.15, 0.2) is 0 Å². The molecule has 2 nitrogen and oxygen atoms in total. The van der Waals surface area contributed by atoms with Crippen LogP contribution in [0.25, 0.3) is 0 Å². The fraction of sp³-hybridized carbons (Fsp3) is 0.429. The smallest absolute Gasteiger partial charge is 0.419 e. The molecule has 7 heteroatoms. The van der Waals surface area contributed by atoms with E-state index in [4.69, 9.17) is 9.84 Å². The van der Waals surface area contributed by atoms with Gasteiger partial charge in [-0.3, -0.25) is 0 Å². The normalized spacial score (nSPS) is 14.1. The second-order valence-electron chi connectivity index (χ2n) is 4.21. The number of halogens is 3. The molecule has 1 atom stereocenters. The van der Waals surface area contributed by atoms with Crippen LogP contribution in [0.5, 0.6) is 5.75 Å². The minimum absolute atomic E-state index is 0.0480. The summed E-state index contributed by atoms with van der Waals surface area (Å²) in [5, 5.41) is 8.99. The first kappa shape index (κ1) is 18.3. The van der Waals surface area contributed by atoms with E-state index in [1.54, 1.807) is 13.0 Å². The van der Waals surface area contributed by atoms with Crippen LogP contribution in [0.2, 0.25) is 0 Å². The number of hydrogen-bond donors (Lipinski definition) is 1. The number of allylic oxidation sites excluding steroid dienone is 1. The van der Waals surface area contributed by atoms with Gasteiger partial charge in [0.1, 0.15) is 12.4 Å². The van der Waals surface area contributed by atoms with Crippen LogP contribution < -0.4 is 4.74 Å². The largest absolute Gasteiger partial charge is 0.488 e. The highest BCUT2D eigenvalue weighted by atomic mass is 33.1. The first-order chi connectivity index (χ1) is 9.88. The Kier molecular flexibility index (Phi) is 7.48. The molecule has 1 aromatic rings. The van der Waals surface area contributed by atoms with E-state index in [2.05, 4.69) is 0 Å². The highest BCUT2D eigenvalue weighted by molar-refractivity contribution is 8.78. The Hall–Kier alpha value is -0.790. The fourth-order valence-electron chi connectivity index (χ4n) is 1.31. The van der Waals surface area contributed by atoms with E-state index in [9.17, 15) is 13.2 Å². The molecular formula is C14H17F3O2S2. The monoisotopic (exact) mass is 338 g/mol. The molecule has 118 valence electrons. The molecule has 0 amide bonds. The molecule has 0 aliphatic rings. The maximum absolute atomic E-state index is 12.8. The Morgan fingerprint density at radius 2 is 2.05 bits per heavy atom. The topological polar surface area (TPSA) is 29.5 Å². The zero-order chi connectivity index (χ0) is 15.9. The van der Waals surface area contributed by atoms with Crippen molar-refractivity contribution < 1.29 is 23.0 Å². The van der Waals surface area contributed by atoms with Gasteiger partial charge in [-0.2, -0.15) is 13.2 Å². The van der Waals surface area contributed by atoms with E-state index in [0.29, 0.717) is 0 Å². The summed E-state index contributed by atoms with van der Waals surface area (Å²) in [4.78, 5) is 0.803. The van der Waals surface area contributed by atoms with E-state index in [1.165, 1.54) is 39.8 Å². The summed E-state index contributed by atoms with van der Waals surface area (Å²) >= 11 is 0. The fourth-order valence-corrected chi connectivity index (χ4v) is 3.34. The molecule has 0 heterocycles. The molecule has 0 bridgehead atoms. The van der Waals surface area contributed by atoms with Crippen molar-refractivity contribution >= 4 is 21.6 Å². The molecule has 0 saturated heterocycles. The minimum Gasteiger partial charge on any atom is -0.488 e. The van der Waals surface area contributed by atoms with Gasteiger partial charge in [0.25, 0.3) is 0 Å². The Morgan fingerprint density at radius 1 is 1.38 bits per heavy atom. The molecule has 21 heavy (non-hydrogen) atoms. The van der Waals surface area contributed by atoms with Crippen LogP contribution in [0.3, 0.4) is 0 Å². The highest BCUT2D eigenvalue weighted by Crippen LogP contribution is 2.37. The lowest BCUT2D eigenvalue weighted by Gasteiger charge is -2.15. The van der Waals surface area contributed by atoms with Crippen molar-refractivity contribution in [2.45, 2.75) is 25.3 Å². The van der Waals surface area contributed by atoms with Gasteiger partial charge in [-0.25, -0.2) is 0 Å². The number of ether oxygens (including phenoxy) is 1. The first-order valence-corrected chi connectivity index (χ1v) is 8.48. The van der Waals surface area contributed by atoms with Crippen LogP contribution in [-0.2, 0) is 6.18 Å². The van der Waals surface area contributed by atoms with Crippen LogP contribution in [-0.4, -0.2) is 23.6 Å². The summed E-state index contributed by atoms with van der Waals surface area (Å²) in [6, 6.07) is 5.15. The molecule has 0 aliphatic carbocycles. The van der Waals surface area contributed by atoms with Crippen molar-refractivity contribution in [3.05, 3.63) is 40.8 Å². The third-order valence-electron chi connectivity index (χ3n) is 2.46. The maximum Gasteiger partial charge on any atom is 0.419 e. The molecule has 0 radical (unpaired) electrons. The van der Waals surface area contributed by atoms with E-state index in [1.807, 2.05) is 6.92 Å². The molecule has 0 fully saturated rings. The van der Waals surface area contributed by atoms with Crippen molar-refractivity contribution in [1.82, 2.24) is 0 Å². The maximum atomic E-state index is 12.8. The predicted octanol–water partition coefficient (Wildman–Crippen LogP) is 4.75. The van der Waals surface area contributed by atoms with Crippen molar-refractivity contribution in [2.75, 3.05) is 13.2 Å². The van der Waals surface area contributed by atoms with Gasteiger partial charge < -0.3 is 9.84 Å². The summed E-state index contributed by atoms with van der Waals surface area (Å²) in [7, 11) is 2.85. The van der Waals surface area contributed by atoms with Gasteiger partial charge in [-0.1, -0.05) is 46.7 Å². The summed E-state index contributed by atoms with van der Waals surface area (Å²) in [5.41, 5.74) is -0.776. The van der Waals surface area contributed by atoms with E-state index in [-0.39, 0.29) is 24.2 Å². The minimum atomic E-state index is -4.43. The highest BCUT2D eigenvalue weighted by Gasteiger charge is 2.34. The lowest BCUT2D eigenvalue weighted by Crippen LogP contribution is -2.09. The summed E-state index contributed by atoms with van der Waals surface area (Å²) < 4.78 is 43.8. The summed E-state index contributed by atoms with van der Waals surface area (Å²) in [6.07, 6.45) is -2.64. The summed E-state index contributed by atoms with van der Waals surface area (Å²) in [6.45, 7) is 3.78. The lowest BCUT2D eigenvalue weighted by atomic mass is 10.2. The Bertz CT molecular complexity index is 476. The predicted molar refractivity (Wildman–Crippen MR) is 82.4 cm³/mol. The average Bonchev–Trinajstić information content (AvgIpc) is 2.46. The first-order valence-electron chi connectivity index (χ1n) is 6.26. The SMILES string of the molecule is C/C=C(/COc1ccccc1C(F)(F)F)SSC(C)CO. The number of aliphatic hydroxyl groups excluding tert-OH is 1. The van der Waals surface area contributed by atoms with Gasteiger partial charge in [-0.15, -0.1) is 0 Å². The standard InChI is InChI=1S/C14H17F3O2S2/c1-3-11(21-20-10(2)8-18)9-19-13-7-5-4-6-12(13)14(15,16)17/h3-7,10,18H,8-9H2,1-2H3/b11-3-. The van der Waals surface area contributed by atoms with Crippen LogP contribution in [0.15, 0.2) is 35.2 Å².